The van der Waals surface area contributed by atoms with Gasteiger partial charge in [0.15, 0.2) is 0 Å². The Balaban J connectivity index is 2.38. The van der Waals surface area contributed by atoms with E-state index in [0.717, 1.165) is 11.3 Å². The van der Waals surface area contributed by atoms with Crippen LogP contribution in [0, 0.1) is 0 Å². The van der Waals surface area contributed by atoms with E-state index in [1.165, 1.54) is 0 Å². The van der Waals surface area contributed by atoms with E-state index in [9.17, 15) is 0 Å². The van der Waals surface area contributed by atoms with E-state index in [1.54, 1.807) is 0 Å². The van der Waals surface area contributed by atoms with Crippen LogP contribution in [0.1, 0.15) is 27.7 Å². The molecule has 0 aliphatic rings. The summed E-state index contributed by atoms with van der Waals surface area (Å²) < 4.78 is 11.3. The molecular formula is C15H23NO2. The Morgan fingerprint density at radius 3 is 2.56 bits per heavy atom. The highest BCUT2D eigenvalue weighted by molar-refractivity contribution is 5.51. The molecular weight excluding hydrogens is 226 g/mol. The van der Waals surface area contributed by atoms with Crippen molar-refractivity contribution in [3.05, 3.63) is 35.9 Å². The molecule has 0 amide bonds. The predicted molar refractivity (Wildman–Crippen MR) is 75.8 cm³/mol. The average Bonchev–Trinajstić information content (AvgIpc) is 2.28. The van der Waals surface area contributed by atoms with Gasteiger partial charge >= 0.3 is 0 Å². The maximum Gasteiger partial charge on any atom is 0.142 e. The van der Waals surface area contributed by atoms with Crippen molar-refractivity contribution in [1.29, 1.82) is 0 Å². The van der Waals surface area contributed by atoms with Crippen LogP contribution in [-0.4, -0.2) is 18.8 Å². The smallest absolute Gasteiger partial charge is 0.142 e. The summed E-state index contributed by atoms with van der Waals surface area (Å²) >= 11 is 0. The van der Waals surface area contributed by atoms with Gasteiger partial charge in [-0.15, -0.1) is 0 Å². The monoisotopic (exact) mass is 249 g/mol. The lowest BCUT2D eigenvalue weighted by atomic mass is 10.2. The van der Waals surface area contributed by atoms with Crippen molar-refractivity contribution >= 4 is 5.69 Å². The molecule has 1 aromatic carbocycles. The molecule has 0 saturated carbocycles. The summed E-state index contributed by atoms with van der Waals surface area (Å²) in [7, 11) is 0. The number of rotatable bonds is 5. The molecule has 0 bridgehead atoms. The maximum absolute atomic E-state index is 5.78. The molecule has 0 heterocycles. The molecule has 0 spiro atoms. The third-order valence-corrected chi connectivity index (χ3v) is 2.32. The molecule has 0 unspecified atom stereocenters. The lowest BCUT2D eigenvalue weighted by molar-refractivity contribution is 0.0110. The summed E-state index contributed by atoms with van der Waals surface area (Å²) in [6, 6.07) is 7.49. The minimum Gasteiger partial charge on any atom is -0.487 e. The highest BCUT2D eigenvalue weighted by Gasteiger charge is 2.09. The lowest BCUT2D eigenvalue weighted by Gasteiger charge is -2.19. The van der Waals surface area contributed by atoms with Crippen LogP contribution in [0.2, 0.25) is 0 Å². The average molecular weight is 249 g/mol. The van der Waals surface area contributed by atoms with Gasteiger partial charge in [-0.25, -0.2) is 0 Å². The van der Waals surface area contributed by atoms with Gasteiger partial charge in [-0.1, -0.05) is 12.1 Å². The van der Waals surface area contributed by atoms with Gasteiger partial charge < -0.3 is 15.2 Å². The SMILES string of the molecule is CC(=CCOc1ccccc1N)COC(C)(C)C. The minimum absolute atomic E-state index is 0.111. The van der Waals surface area contributed by atoms with E-state index in [-0.39, 0.29) is 5.60 Å². The fourth-order valence-corrected chi connectivity index (χ4v) is 1.27. The van der Waals surface area contributed by atoms with Crippen molar-refractivity contribution in [2.24, 2.45) is 0 Å². The molecule has 2 N–H and O–H groups in total. The van der Waals surface area contributed by atoms with E-state index in [2.05, 4.69) is 0 Å². The molecule has 1 rings (SSSR count). The second-order valence-electron chi connectivity index (χ2n) is 5.30. The van der Waals surface area contributed by atoms with Crippen LogP contribution in [0.4, 0.5) is 5.69 Å². The van der Waals surface area contributed by atoms with Crippen LogP contribution < -0.4 is 10.5 Å². The molecule has 0 fully saturated rings. The summed E-state index contributed by atoms with van der Waals surface area (Å²) in [5.74, 6) is 0.721. The van der Waals surface area contributed by atoms with Crippen LogP contribution in [0.15, 0.2) is 35.9 Å². The number of nitrogen functional groups attached to an aromatic ring is 1. The van der Waals surface area contributed by atoms with E-state index in [0.29, 0.717) is 18.9 Å². The molecule has 0 aromatic heterocycles. The molecule has 0 aliphatic carbocycles. The molecule has 3 heteroatoms. The summed E-state index contributed by atoms with van der Waals surface area (Å²) in [6.45, 7) is 9.29. The third kappa shape index (κ3) is 5.73. The first-order valence-corrected chi connectivity index (χ1v) is 6.15. The van der Waals surface area contributed by atoms with Gasteiger partial charge in [0, 0.05) is 0 Å². The molecule has 0 aliphatic heterocycles. The summed E-state index contributed by atoms with van der Waals surface area (Å²) in [5, 5.41) is 0. The Kier molecular flexibility index (Phi) is 5.23. The molecule has 1 aromatic rings. The van der Waals surface area contributed by atoms with E-state index in [4.69, 9.17) is 15.2 Å². The first kappa shape index (κ1) is 14.6. The number of para-hydroxylation sites is 2. The van der Waals surface area contributed by atoms with Gasteiger partial charge in [0.2, 0.25) is 0 Å². The van der Waals surface area contributed by atoms with Crippen LogP contribution >= 0.6 is 0 Å². The van der Waals surface area contributed by atoms with Gasteiger partial charge in [0.05, 0.1) is 17.9 Å². The normalized spacial score (nSPS) is 12.6. The highest BCUT2D eigenvalue weighted by Crippen LogP contribution is 2.19. The van der Waals surface area contributed by atoms with Crippen molar-refractivity contribution in [2.45, 2.75) is 33.3 Å². The van der Waals surface area contributed by atoms with E-state index < -0.39 is 0 Å². The van der Waals surface area contributed by atoms with E-state index in [1.807, 2.05) is 58.0 Å². The summed E-state index contributed by atoms with van der Waals surface area (Å²) in [4.78, 5) is 0. The Morgan fingerprint density at radius 2 is 1.94 bits per heavy atom. The van der Waals surface area contributed by atoms with Gasteiger partial charge in [-0.2, -0.15) is 0 Å². The maximum atomic E-state index is 5.78. The van der Waals surface area contributed by atoms with Gasteiger partial charge in [-0.3, -0.25) is 0 Å². The number of hydrogen-bond donors (Lipinski definition) is 1. The second-order valence-corrected chi connectivity index (χ2v) is 5.30. The Bertz CT molecular complexity index is 405. The Hall–Kier alpha value is -1.48. The number of hydrogen-bond acceptors (Lipinski definition) is 3. The van der Waals surface area contributed by atoms with E-state index >= 15 is 0 Å². The summed E-state index contributed by atoms with van der Waals surface area (Å²) in [6.07, 6.45) is 2.01. The number of anilines is 1. The van der Waals surface area contributed by atoms with Gasteiger partial charge in [0.1, 0.15) is 12.4 Å². The molecule has 18 heavy (non-hydrogen) atoms. The zero-order chi connectivity index (χ0) is 13.6. The number of nitrogens with two attached hydrogens (primary N) is 1. The van der Waals surface area contributed by atoms with Gasteiger partial charge in [0.25, 0.3) is 0 Å². The van der Waals surface area contributed by atoms with Crippen LogP contribution in [0.3, 0.4) is 0 Å². The zero-order valence-corrected chi connectivity index (χ0v) is 11.7. The lowest BCUT2D eigenvalue weighted by Crippen LogP contribution is -2.20. The Labute approximate surface area is 110 Å². The Morgan fingerprint density at radius 1 is 1.28 bits per heavy atom. The van der Waals surface area contributed by atoms with Crippen LogP contribution in [0.25, 0.3) is 0 Å². The fourth-order valence-electron chi connectivity index (χ4n) is 1.27. The predicted octanol–water partition coefficient (Wildman–Crippen LogP) is 3.41. The fraction of sp³-hybridized carbons (Fsp3) is 0.467. The highest BCUT2D eigenvalue weighted by atomic mass is 16.5. The molecule has 100 valence electrons. The first-order valence-electron chi connectivity index (χ1n) is 6.15. The number of benzene rings is 1. The number of ether oxygens (including phenoxy) is 2. The topological polar surface area (TPSA) is 44.5 Å². The molecule has 0 radical (unpaired) electrons. The largest absolute Gasteiger partial charge is 0.487 e. The van der Waals surface area contributed by atoms with Crippen molar-refractivity contribution in [3.63, 3.8) is 0 Å². The van der Waals surface area contributed by atoms with Gasteiger partial charge in [-0.05, 0) is 51.5 Å². The van der Waals surface area contributed by atoms with Crippen LogP contribution in [0.5, 0.6) is 5.75 Å². The summed E-state index contributed by atoms with van der Waals surface area (Å²) in [5.41, 5.74) is 7.49. The standard InChI is InChI=1S/C15H23NO2/c1-12(11-18-15(2,3)4)9-10-17-14-8-6-5-7-13(14)16/h5-9H,10-11,16H2,1-4H3. The quantitative estimate of drug-likeness (QED) is 0.642. The van der Waals surface area contributed by atoms with Crippen molar-refractivity contribution in [1.82, 2.24) is 0 Å². The molecule has 3 nitrogen and oxygen atoms in total. The van der Waals surface area contributed by atoms with Crippen LogP contribution in [-0.2, 0) is 4.74 Å². The third-order valence-electron chi connectivity index (χ3n) is 2.32. The van der Waals surface area contributed by atoms with Crippen molar-refractivity contribution < 1.29 is 9.47 Å². The second kappa shape index (κ2) is 6.45. The molecule has 0 atom stereocenters. The minimum atomic E-state index is -0.111. The van der Waals surface area contributed by atoms with Crippen molar-refractivity contribution in [2.75, 3.05) is 18.9 Å². The van der Waals surface area contributed by atoms with Crippen molar-refractivity contribution in [3.8, 4) is 5.75 Å². The first-order chi connectivity index (χ1) is 8.38. The molecule has 0 saturated heterocycles. The zero-order valence-electron chi connectivity index (χ0n) is 11.7.